The molecule has 0 aliphatic rings. The fourth-order valence-corrected chi connectivity index (χ4v) is 2.35. The molecule has 7 heteroatoms. The Hall–Kier alpha value is -0.780. The van der Waals surface area contributed by atoms with Crippen LogP contribution in [0.4, 0.5) is 6.01 Å². The van der Waals surface area contributed by atoms with Crippen LogP contribution in [0, 0.1) is 0 Å². The second-order valence-corrected chi connectivity index (χ2v) is 5.08. The highest BCUT2D eigenvalue weighted by molar-refractivity contribution is 7.16. The van der Waals surface area contributed by atoms with Crippen LogP contribution in [0.15, 0.2) is 16.5 Å². The van der Waals surface area contributed by atoms with E-state index in [0.717, 1.165) is 17.3 Å². The van der Waals surface area contributed by atoms with Gasteiger partial charge in [0.1, 0.15) is 5.88 Å². The quantitative estimate of drug-likeness (QED) is 0.853. The SMILES string of the molecule is ClCc1nnc(NCCc2ccc(Cl)s2)o1. The van der Waals surface area contributed by atoms with Gasteiger partial charge in [-0.1, -0.05) is 16.7 Å². The summed E-state index contributed by atoms with van der Waals surface area (Å²) in [7, 11) is 0. The Balaban J connectivity index is 1.79. The van der Waals surface area contributed by atoms with Crippen molar-refractivity contribution in [2.75, 3.05) is 11.9 Å². The number of thiophene rings is 1. The van der Waals surface area contributed by atoms with E-state index in [0.29, 0.717) is 11.9 Å². The molecule has 0 spiro atoms. The maximum absolute atomic E-state index is 5.82. The van der Waals surface area contributed by atoms with Crippen LogP contribution in [-0.2, 0) is 12.3 Å². The van der Waals surface area contributed by atoms with Crippen LogP contribution in [0.25, 0.3) is 0 Å². The Bertz CT molecular complexity index is 457. The summed E-state index contributed by atoms with van der Waals surface area (Å²) in [6.45, 7) is 0.723. The van der Waals surface area contributed by atoms with Crippen molar-refractivity contribution in [2.24, 2.45) is 0 Å². The number of halogens is 2. The van der Waals surface area contributed by atoms with Crippen LogP contribution in [-0.4, -0.2) is 16.7 Å². The number of anilines is 1. The van der Waals surface area contributed by atoms with Gasteiger partial charge in [-0.3, -0.25) is 0 Å². The Kier molecular flexibility index (Phi) is 4.04. The second kappa shape index (κ2) is 5.52. The Labute approximate surface area is 107 Å². The number of alkyl halides is 1. The van der Waals surface area contributed by atoms with Gasteiger partial charge in [-0.2, -0.15) is 0 Å². The van der Waals surface area contributed by atoms with E-state index in [4.69, 9.17) is 27.6 Å². The molecule has 0 aromatic carbocycles. The molecule has 0 aliphatic carbocycles. The van der Waals surface area contributed by atoms with E-state index in [1.54, 1.807) is 11.3 Å². The lowest BCUT2D eigenvalue weighted by atomic mass is 10.3. The Morgan fingerprint density at radius 2 is 2.25 bits per heavy atom. The first-order valence-corrected chi connectivity index (χ1v) is 6.37. The molecule has 2 aromatic heterocycles. The molecule has 2 heterocycles. The van der Waals surface area contributed by atoms with Gasteiger partial charge in [0.2, 0.25) is 5.89 Å². The molecule has 0 bridgehead atoms. The van der Waals surface area contributed by atoms with Gasteiger partial charge in [0.25, 0.3) is 0 Å². The first kappa shape index (κ1) is 11.7. The summed E-state index contributed by atoms with van der Waals surface area (Å²) in [5.41, 5.74) is 0. The highest BCUT2D eigenvalue weighted by Gasteiger charge is 2.04. The van der Waals surface area contributed by atoms with E-state index in [2.05, 4.69) is 15.5 Å². The van der Waals surface area contributed by atoms with Crippen LogP contribution < -0.4 is 5.32 Å². The molecule has 2 aromatic rings. The molecule has 0 atom stereocenters. The highest BCUT2D eigenvalue weighted by Crippen LogP contribution is 2.21. The van der Waals surface area contributed by atoms with Crippen molar-refractivity contribution in [1.29, 1.82) is 0 Å². The molecule has 0 saturated heterocycles. The van der Waals surface area contributed by atoms with Gasteiger partial charge in [-0.05, 0) is 18.6 Å². The molecule has 0 amide bonds. The fraction of sp³-hybridized carbons (Fsp3) is 0.333. The minimum absolute atomic E-state index is 0.231. The van der Waals surface area contributed by atoms with E-state index < -0.39 is 0 Å². The summed E-state index contributed by atoms with van der Waals surface area (Å²) in [5, 5.41) is 10.5. The van der Waals surface area contributed by atoms with Crippen molar-refractivity contribution < 1.29 is 4.42 Å². The maximum Gasteiger partial charge on any atom is 0.315 e. The summed E-state index contributed by atoms with van der Waals surface area (Å²) in [6.07, 6.45) is 0.871. The Morgan fingerprint density at radius 1 is 1.38 bits per heavy atom. The molecule has 1 N–H and O–H groups in total. The molecule has 4 nitrogen and oxygen atoms in total. The largest absolute Gasteiger partial charge is 0.407 e. The predicted molar refractivity (Wildman–Crippen MR) is 65.4 cm³/mol. The molecule has 0 unspecified atom stereocenters. The van der Waals surface area contributed by atoms with E-state index >= 15 is 0 Å². The minimum atomic E-state index is 0.231. The molecular formula is C9H9Cl2N3OS. The minimum Gasteiger partial charge on any atom is -0.407 e. The zero-order valence-electron chi connectivity index (χ0n) is 8.24. The van der Waals surface area contributed by atoms with Gasteiger partial charge in [0.05, 0.1) is 4.34 Å². The van der Waals surface area contributed by atoms with Crippen molar-refractivity contribution in [2.45, 2.75) is 12.3 Å². The van der Waals surface area contributed by atoms with Crippen LogP contribution in [0.2, 0.25) is 4.34 Å². The van der Waals surface area contributed by atoms with Crippen molar-refractivity contribution in [3.63, 3.8) is 0 Å². The van der Waals surface area contributed by atoms with Crippen LogP contribution >= 0.6 is 34.5 Å². The van der Waals surface area contributed by atoms with Crippen LogP contribution in [0.1, 0.15) is 10.8 Å². The lowest BCUT2D eigenvalue weighted by Crippen LogP contribution is -2.03. The molecule has 0 aliphatic heterocycles. The smallest absolute Gasteiger partial charge is 0.315 e. The lowest BCUT2D eigenvalue weighted by molar-refractivity contribution is 0.525. The third-order valence-corrected chi connectivity index (χ3v) is 3.38. The third kappa shape index (κ3) is 3.10. The van der Waals surface area contributed by atoms with Crippen LogP contribution in [0.3, 0.4) is 0 Å². The third-order valence-electron chi connectivity index (χ3n) is 1.86. The second-order valence-electron chi connectivity index (χ2n) is 3.02. The van der Waals surface area contributed by atoms with E-state index in [1.807, 2.05) is 12.1 Å². The standard InChI is InChI=1S/C9H9Cl2N3OS/c10-5-8-13-14-9(15-8)12-4-3-6-1-2-7(11)16-6/h1-2H,3-5H2,(H,12,14). The van der Waals surface area contributed by atoms with Crippen molar-refractivity contribution in [3.05, 3.63) is 27.2 Å². The monoisotopic (exact) mass is 277 g/mol. The molecule has 2 rings (SSSR count). The van der Waals surface area contributed by atoms with Crippen molar-refractivity contribution in [1.82, 2.24) is 10.2 Å². The van der Waals surface area contributed by atoms with Gasteiger partial charge >= 0.3 is 6.01 Å². The highest BCUT2D eigenvalue weighted by atomic mass is 35.5. The van der Waals surface area contributed by atoms with Gasteiger partial charge in [-0.15, -0.1) is 28.0 Å². The summed E-state index contributed by atoms with van der Waals surface area (Å²) < 4.78 is 5.99. The summed E-state index contributed by atoms with van der Waals surface area (Å²) in [4.78, 5) is 1.22. The van der Waals surface area contributed by atoms with Crippen LogP contribution in [0.5, 0.6) is 0 Å². The molecule has 86 valence electrons. The van der Waals surface area contributed by atoms with Gasteiger partial charge in [-0.25, -0.2) is 0 Å². The van der Waals surface area contributed by atoms with Crippen molar-refractivity contribution >= 4 is 40.6 Å². The van der Waals surface area contributed by atoms with E-state index in [1.165, 1.54) is 4.88 Å². The first-order valence-electron chi connectivity index (χ1n) is 4.64. The molecule has 0 saturated carbocycles. The van der Waals surface area contributed by atoms with E-state index in [-0.39, 0.29) is 5.88 Å². The van der Waals surface area contributed by atoms with Crippen molar-refractivity contribution in [3.8, 4) is 0 Å². The van der Waals surface area contributed by atoms with Gasteiger partial charge < -0.3 is 9.73 Å². The summed E-state index contributed by atoms with van der Waals surface area (Å²) in [5.74, 6) is 0.651. The normalized spacial score (nSPS) is 10.6. The summed E-state index contributed by atoms with van der Waals surface area (Å²) >= 11 is 12.9. The number of rotatable bonds is 5. The summed E-state index contributed by atoms with van der Waals surface area (Å²) in [6, 6.07) is 4.30. The van der Waals surface area contributed by atoms with Gasteiger partial charge in [0, 0.05) is 11.4 Å². The van der Waals surface area contributed by atoms with E-state index in [9.17, 15) is 0 Å². The lowest BCUT2D eigenvalue weighted by Gasteiger charge is -1.98. The number of aromatic nitrogens is 2. The number of nitrogens with one attached hydrogen (secondary N) is 1. The first-order chi connectivity index (χ1) is 7.78. The fourth-order valence-electron chi connectivity index (χ4n) is 1.16. The van der Waals surface area contributed by atoms with Gasteiger partial charge in [0.15, 0.2) is 0 Å². The topological polar surface area (TPSA) is 51.0 Å². The molecule has 16 heavy (non-hydrogen) atoms. The molecule has 0 fully saturated rings. The predicted octanol–water partition coefficient (Wildman–Crippen LogP) is 3.18. The number of hydrogen-bond donors (Lipinski definition) is 1. The number of nitrogens with zero attached hydrogens (tertiary/aromatic N) is 2. The Morgan fingerprint density at radius 3 is 2.88 bits per heavy atom. The molecular weight excluding hydrogens is 269 g/mol. The maximum atomic E-state index is 5.82. The average molecular weight is 278 g/mol. The zero-order chi connectivity index (χ0) is 11.4. The average Bonchev–Trinajstić information content (AvgIpc) is 2.88. The molecule has 0 radical (unpaired) electrons. The number of hydrogen-bond acceptors (Lipinski definition) is 5. The zero-order valence-corrected chi connectivity index (χ0v) is 10.6.